The van der Waals surface area contributed by atoms with E-state index in [1.807, 2.05) is 0 Å². The first-order valence-corrected chi connectivity index (χ1v) is 7.83. The monoisotopic (exact) mass is 293 g/mol. The molecule has 5 heteroatoms. The van der Waals surface area contributed by atoms with Gasteiger partial charge < -0.3 is 19.5 Å². The zero-order valence-corrected chi connectivity index (χ0v) is 12.8. The van der Waals surface area contributed by atoms with Gasteiger partial charge in [0.15, 0.2) is 0 Å². The van der Waals surface area contributed by atoms with Crippen LogP contribution >= 0.6 is 11.6 Å². The van der Waals surface area contributed by atoms with Crippen molar-refractivity contribution >= 4 is 11.6 Å². The molecule has 114 valence electrons. The molecule has 19 heavy (non-hydrogen) atoms. The fourth-order valence-electron chi connectivity index (χ4n) is 2.48. The molecule has 0 aliphatic heterocycles. The van der Waals surface area contributed by atoms with Gasteiger partial charge >= 0.3 is 0 Å². The lowest BCUT2D eigenvalue weighted by atomic mass is 9.98. The van der Waals surface area contributed by atoms with E-state index in [9.17, 15) is 0 Å². The Labute approximate surface area is 122 Å². The van der Waals surface area contributed by atoms with Crippen LogP contribution in [0.15, 0.2) is 0 Å². The van der Waals surface area contributed by atoms with E-state index in [2.05, 4.69) is 5.32 Å². The van der Waals surface area contributed by atoms with E-state index in [0.717, 1.165) is 31.5 Å². The molecule has 0 aromatic carbocycles. The van der Waals surface area contributed by atoms with Crippen molar-refractivity contribution < 1.29 is 14.2 Å². The lowest BCUT2D eigenvalue weighted by molar-refractivity contribution is 0.0254. The van der Waals surface area contributed by atoms with Crippen LogP contribution in [0.4, 0.5) is 0 Å². The lowest BCUT2D eigenvalue weighted by Crippen LogP contribution is -2.29. The number of nitrogens with one attached hydrogen (secondary N) is 1. The minimum absolute atomic E-state index is 0.638. The van der Waals surface area contributed by atoms with Crippen LogP contribution in [0.25, 0.3) is 0 Å². The Morgan fingerprint density at radius 1 is 1.00 bits per heavy atom. The van der Waals surface area contributed by atoms with Gasteiger partial charge in [0.25, 0.3) is 0 Å². The Morgan fingerprint density at radius 3 is 2.42 bits per heavy atom. The van der Waals surface area contributed by atoms with Crippen LogP contribution in [0.5, 0.6) is 0 Å². The molecule has 1 rings (SSSR count). The van der Waals surface area contributed by atoms with Gasteiger partial charge in [-0.3, -0.25) is 0 Å². The van der Waals surface area contributed by atoms with Crippen molar-refractivity contribution in [3.05, 3.63) is 0 Å². The number of rotatable bonds is 12. The molecule has 1 fully saturated rings. The quantitative estimate of drug-likeness (QED) is 0.441. The Balaban J connectivity index is 1.81. The predicted octanol–water partition coefficient (Wildman–Crippen LogP) is 1.91. The molecule has 1 aliphatic carbocycles. The second-order valence-corrected chi connectivity index (χ2v) is 5.34. The number of methoxy groups -OCH3 is 1. The van der Waals surface area contributed by atoms with Crippen molar-refractivity contribution in [1.82, 2.24) is 5.32 Å². The molecule has 0 heterocycles. The number of hydrogen-bond donors (Lipinski definition) is 1. The summed E-state index contributed by atoms with van der Waals surface area (Å²) in [5.74, 6) is 2.28. The van der Waals surface area contributed by atoms with Crippen molar-refractivity contribution in [3.8, 4) is 0 Å². The van der Waals surface area contributed by atoms with Crippen LogP contribution < -0.4 is 5.32 Å². The average molecular weight is 294 g/mol. The SMILES string of the molecule is COCCOCCOCCNCC1CCCC1CCl. The third-order valence-electron chi connectivity index (χ3n) is 3.65. The van der Waals surface area contributed by atoms with Crippen LogP contribution in [-0.2, 0) is 14.2 Å². The Hall–Kier alpha value is 0.130. The summed E-state index contributed by atoms with van der Waals surface area (Å²) >= 11 is 5.96. The lowest BCUT2D eigenvalue weighted by Gasteiger charge is -2.17. The summed E-state index contributed by atoms with van der Waals surface area (Å²) in [4.78, 5) is 0. The fourth-order valence-corrected chi connectivity index (χ4v) is 2.89. The molecule has 2 unspecified atom stereocenters. The highest BCUT2D eigenvalue weighted by atomic mass is 35.5. The van der Waals surface area contributed by atoms with Crippen LogP contribution in [0.1, 0.15) is 19.3 Å². The molecule has 1 N–H and O–H groups in total. The van der Waals surface area contributed by atoms with Crippen LogP contribution in [0.3, 0.4) is 0 Å². The maximum atomic E-state index is 5.96. The van der Waals surface area contributed by atoms with Gasteiger partial charge in [-0.2, -0.15) is 0 Å². The van der Waals surface area contributed by atoms with Gasteiger partial charge in [-0.15, -0.1) is 11.6 Å². The van der Waals surface area contributed by atoms with Crippen molar-refractivity contribution in [3.63, 3.8) is 0 Å². The molecular formula is C14H28ClNO3. The van der Waals surface area contributed by atoms with E-state index >= 15 is 0 Å². The van der Waals surface area contributed by atoms with E-state index in [1.54, 1.807) is 7.11 Å². The predicted molar refractivity (Wildman–Crippen MR) is 77.9 cm³/mol. The summed E-state index contributed by atoms with van der Waals surface area (Å²) < 4.78 is 15.7. The molecule has 0 aromatic heterocycles. The van der Waals surface area contributed by atoms with Gasteiger partial charge in [0, 0.05) is 19.5 Å². The Kier molecular flexibility index (Phi) is 10.8. The fraction of sp³-hybridized carbons (Fsp3) is 1.00. The minimum atomic E-state index is 0.638. The van der Waals surface area contributed by atoms with E-state index in [1.165, 1.54) is 19.3 Å². The maximum absolute atomic E-state index is 5.96. The average Bonchev–Trinajstić information content (AvgIpc) is 2.88. The Morgan fingerprint density at radius 2 is 1.68 bits per heavy atom. The summed E-state index contributed by atoms with van der Waals surface area (Å²) in [6.07, 6.45) is 3.95. The zero-order chi connectivity index (χ0) is 13.8. The summed E-state index contributed by atoms with van der Waals surface area (Å²) in [6.45, 7) is 5.30. The van der Waals surface area contributed by atoms with Crippen LogP contribution in [0, 0.1) is 11.8 Å². The standard InChI is InChI=1S/C14H28ClNO3/c1-17-7-8-19-10-9-18-6-5-16-12-14-4-2-3-13(14)11-15/h13-14,16H,2-12H2,1H3. The molecular weight excluding hydrogens is 266 g/mol. The molecule has 0 spiro atoms. The van der Waals surface area contributed by atoms with Gasteiger partial charge in [0.1, 0.15) is 0 Å². The van der Waals surface area contributed by atoms with Crippen LogP contribution in [-0.4, -0.2) is 59.1 Å². The third-order valence-corrected chi connectivity index (χ3v) is 4.04. The molecule has 0 saturated heterocycles. The summed E-state index contributed by atoms with van der Waals surface area (Å²) in [5.41, 5.74) is 0. The van der Waals surface area contributed by atoms with Crippen molar-refractivity contribution in [2.24, 2.45) is 11.8 Å². The minimum Gasteiger partial charge on any atom is -0.382 e. The maximum Gasteiger partial charge on any atom is 0.0701 e. The highest BCUT2D eigenvalue weighted by Gasteiger charge is 2.25. The van der Waals surface area contributed by atoms with E-state index < -0.39 is 0 Å². The molecule has 0 bridgehead atoms. The summed E-state index contributed by atoms with van der Waals surface area (Å²) in [5, 5.41) is 3.46. The molecule has 1 aliphatic rings. The molecule has 0 amide bonds. The zero-order valence-electron chi connectivity index (χ0n) is 12.0. The van der Waals surface area contributed by atoms with Gasteiger partial charge in [-0.1, -0.05) is 6.42 Å². The van der Waals surface area contributed by atoms with Gasteiger partial charge in [0.2, 0.25) is 0 Å². The molecule has 2 atom stereocenters. The first-order valence-electron chi connectivity index (χ1n) is 7.29. The highest BCUT2D eigenvalue weighted by Crippen LogP contribution is 2.31. The number of hydrogen-bond acceptors (Lipinski definition) is 4. The van der Waals surface area contributed by atoms with E-state index in [0.29, 0.717) is 32.3 Å². The molecule has 4 nitrogen and oxygen atoms in total. The van der Waals surface area contributed by atoms with Crippen molar-refractivity contribution in [2.45, 2.75) is 19.3 Å². The first kappa shape index (κ1) is 17.2. The second kappa shape index (κ2) is 11.9. The highest BCUT2D eigenvalue weighted by molar-refractivity contribution is 6.18. The summed E-state index contributed by atoms with van der Waals surface area (Å²) in [6, 6.07) is 0. The first-order chi connectivity index (χ1) is 9.38. The molecule has 1 saturated carbocycles. The van der Waals surface area contributed by atoms with E-state index in [4.69, 9.17) is 25.8 Å². The van der Waals surface area contributed by atoms with Crippen molar-refractivity contribution in [2.75, 3.05) is 59.1 Å². The Bertz CT molecular complexity index is 207. The van der Waals surface area contributed by atoms with Gasteiger partial charge in [-0.25, -0.2) is 0 Å². The van der Waals surface area contributed by atoms with Crippen LogP contribution in [0.2, 0.25) is 0 Å². The molecule has 0 aromatic rings. The second-order valence-electron chi connectivity index (χ2n) is 5.03. The van der Waals surface area contributed by atoms with Crippen molar-refractivity contribution in [1.29, 1.82) is 0 Å². The normalized spacial score (nSPS) is 23.1. The molecule has 0 radical (unpaired) electrons. The summed E-state index contributed by atoms with van der Waals surface area (Å²) in [7, 11) is 1.67. The van der Waals surface area contributed by atoms with Gasteiger partial charge in [0.05, 0.1) is 33.0 Å². The number of halogens is 1. The van der Waals surface area contributed by atoms with Gasteiger partial charge in [-0.05, 0) is 31.2 Å². The topological polar surface area (TPSA) is 39.7 Å². The number of alkyl halides is 1. The largest absolute Gasteiger partial charge is 0.382 e. The smallest absolute Gasteiger partial charge is 0.0701 e. The van der Waals surface area contributed by atoms with E-state index in [-0.39, 0.29) is 0 Å². The third kappa shape index (κ3) is 8.10. The number of ether oxygens (including phenoxy) is 3.